The molecule has 2 aliphatic heterocycles. The Hall–Kier alpha value is -1.93. The Balaban J connectivity index is 1.59. The van der Waals surface area contributed by atoms with E-state index in [4.69, 9.17) is 0 Å². The third kappa shape index (κ3) is 3.87. The van der Waals surface area contributed by atoms with Gasteiger partial charge in [0.05, 0.1) is 11.8 Å². The smallest absolute Gasteiger partial charge is 0.324 e. The minimum Gasteiger partial charge on any atom is -0.508 e. The van der Waals surface area contributed by atoms with E-state index in [2.05, 4.69) is 21.2 Å². The molecule has 2 saturated carbocycles. The van der Waals surface area contributed by atoms with Crippen molar-refractivity contribution in [3.05, 3.63) is 28.2 Å². The molecule has 2 amide bonds. The molecule has 2 saturated heterocycles. The van der Waals surface area contributed by atoms with Crippen molar-refractivity contribution < 1.29 is 24.6 Å². The lowest BCUT2D eigenvalue weighted by atomic mass is 9.72. The highest BCUT2D eigenvalue weighted by atomic mass is 79.9. The molecule has 0 spiro atoms. The lowest BCUT2D eigenvalue weighted by Gasteiger charge is -2.37. The van der Waals surface area contributed by atoms with Gasteiger partial charge in [-0.3, -0.25) is 24.6 Å². The number of phenolic OH excluding ortho intramolecular Hbond substituents is 1. The molecule has 7 nitrogen and oxygen atoms in total. The summed E-state index contributed by atoms with van der Waals surface area (Å²) >= 11 is 3.44. The number of likely N-dealkylation sites (tertiary alicyclic amines) is 1. The molecule has 3 N–H and O–H groups in total. The molecule has 2 heterocycles. The zero-order valence-corrected chi connectivity index (χ0v) is 20.9. The van der Waals surface area contributed by atoms with Gasteiger partial charge in [0.15, 0.2) is 0 Å². The van der Waals surface area contributed by atoms with Crippen LogP contribution in [0.15, 0.2) is 22.7 Å². The van der Waals surface area contributed by atoms with E-state index in [0.717, 1.165) is 68.7 Å². The number of carbonyl (C=O) groups is 3. The molecule has 4 atom stereocenters. The minimum absolute atomic E-state index is 0.00493. The molecule has 8 heteroatoms. The number of fused-ring (bicyclic) bond motifs is 1. The van der Waals surface area contributed by atoms with Crippen molar-refractivity contribution in [2.75, 3.05) is 0 Å². The van der Waals surface area contributed by atoms with Crippen LogP contribution >= 0.6 is 15.9 Å². The van der Waals surface area contributed by atoms with Crippen LogP contribution in [0.2, 0.25) is 0 Å². The molecule has 4 aliphatic rings. The van der Waals surface area contributed by atoms with Gasteiger partial charge in [0, 0.05) is 22.1 Å². The lowest BCUT2D eigenvalue weighted by Crippen LogP contribution is -2.57. The molecular weight excluding hydrogens is 500 g/mol. The monoisotopic (exact) mass is 532 g/mol. The molecular formula is C26H33BrN2O5. The average Bonchev–Trinajstić information content (AvgIpc) is 3.31. The van der Waals surface area contributed by atoms with E-state index in [1.165, 1.54) is 11.0 Å². The van der Waals surface area contributed by atoms with Crippen molar-refractivity contribution in [3.8, 4) is 5.75 Å². The molecule has 0 radical (unpaired) electrons. The van der Waals surface area contributed by atoms with Crippen LogP contribution in [0.3, 0.4) is 0 Å². The van der Waals surface area contributed by atoms with Gasteiger partial charge in [-0.05, 0) is 43.4 Å². The molecule has 1 aromatic carbocycles. The fourth-order valence-corrected chi connectivity index (χ4v) is 7.46. The van der Waals surface area contributed by atoms with Crippen LogP contribution in [0.25, 0.3) is 0 Å². The number of carbonyl (C=O) groups excluding carboxylic acids is 2. The summed E-state index contributed by atoms with van der Waals surface area (Å²) < 4.78 is 0.722. The predicted octanol–water partition coefficient (Wildman–Crippen LogP) is 4.53. The van der Waals surface area contributed by atoms with Gasteiger partial charge in [0.1, 0.15) is 11.3 Å². The number of amides is 2. The fourth-order valence-electron chi connectivity index (χ4n) is 7.08. The zero-order valence-electron chi connectivity index (χ0n) is 19.3. The minimum atomic E-state index is -1.53. The first-order valence-corrected chi connectivity index (χ1v) is 13.5. The molecule has 184 valence electrons. The number of phenols is 1. The first kappa shape index (κ1) is 23.8. The van der Waals surface area contributed by atoms with Crippen molar-refractivity contribution in [3.63, 3.8) is 0 Å². The summed E-state index contributed by atoms with van der Waals surface area (Å²) in [5.41, 5.74) is -1.06. The van der Waals surface area contributed by atoms with E-state index < -0.39 is 29.4 Å². The van der Waals surface area contributed by atoms with Crippen LogP contribution in [0.1, 0.15) is 82.2 Å². The highest BCUT2D eigenvalue weighted by Crippen LogP contribution is 2.54. The van der Waals surface area contributed by atoms with Gasteiger partial charge in [-0.25, -0.2) is 0 Å². The first-order chi connectivity index (χ1) is 16.3. The fraction of sp³-hybridized carbons (Fsp3) is 0.654. The zero-order chi connectivity index (χ0) is 24.0. The summed E-state index contributed by atoms with van der Waals surface area (Å²) in [6.07, 6.45) is 10.1. The summed E-state index contributed by atoms with van der Waals surface area (Å²) in [5.74, 6) is -3.32. The summed E-state index contributed by atoms with van der Waals surface area (Å²) in [6.45, 7) is 0. The van der Waals surface area contributed by atoms with Crippen molar-refractivity contribution in [2.45, 2.75) is 88.3 Å². The number of nitrogens with zero attached hydrogens (tertiary/aromatic N) is 1. The van der Waals surface area contributed by atoms with Crippen LogP contribution in [0.5, 0.6) is 5.75 Å². The number of aromatic hydroxyl groups is 1. The number of imide groups is 1. The van der Waals surface area contributed by atoms with Gasteiger partial charge in [-0.1, -0.05) is 67.3 Å². The number of rotatable bonds is 5. The largest absolute Gasteiger partial charge is 0.508 e. The summed E-state index contributed by atoms with van der Waals surface area (Å²) in [6, 6.07) is 4.07. The Kier molecular flexibility index (Phi) is 6.48. The van der Waals surface area contributed by atoms with E-state index in [-0.39, 0.29) is 29.5 Å². The van der Waals surface area contributed by atoms with Gasteiger partial charge >= 0.3 is 5.97 Å². The van der Waals surface area contributed by atoms with E-state index >= 15 is 0 Å². The van der Waals surface area contributed by atoms with Crippen LogP contribution in [-0.4, -0.2) is 44.5 Å². The third-order valence-corrected chi connectivity index (χ3v) is 9.16. The summed E-state index contributed by atoms with van der Waals surface area (Å²) in [4.78, 5) is 42.2. The number of carboxylic acid groups (broad SMARTS) is 1. The molecule has 0 aromatic heterocycles. The number of nitrogens with one attached hydrogen (secondary N) is 1. The second-order valence-electron chi connectivity index (χ2n) is 10.7. The Bertz CT molecular complexity index is 987. The van der Waals surface area contributed by atoms with E-state index in [9.17, 15) is 24.6 Å². The molecule has 4 unspecified atom stereocenters. The SMILES string of the molecule is O=C1C2C(c3cc(Br)ccc3O)NC(CC3CCCCC3)(C(=O)O)C2C(=O)N1C1CCCCC1. The van der Waals surface area contributed by atoms with Crippen molar-refractivity contribution >= 4 is 33.7 Å². The summed E-state index contributed by atoms with van der Waals surface area (Å²) in [7, 11) is 0. The van der Waals surface area contributed by atoms with Gasteiger partial charge in [-0.2, -0.15) is 0 Å². The molecule has 2 aliphatic carbocycles. The molecule has 5 rings (SSSR count). The average molecular weight is 533 g/mol. The lowest BCUT2D eigenvalue weighted by molar-refractivity contribution is -0.153. The Morgan fingerprint density at radius 2 is 1.68 bits per heavy atom. The van der Waals surface area contributed by atoms with Crippen LogP contribution in [0.4, 0.5) is 0 Å². The van der Waals surface area contributed by atoms with Crippen molar-refractivity contribution in [1.29, 1.82) is 0 Å². The van der Waals surface area contributed by atoms with E-state index in [1.807, 2.05) is 0 Å². The van der Waals surface area contributed by atoms with Gasteiger partial charge in [-0.15, -0.1) is 0 Å². The highest BCUT2D eigenvalue weighted by Gasteiger charge is 2.69. The molecule has 0 bridgehead atoms. The van der Waals surface area contributed by atoms with Gasteiger partial charge < -0.3 is 10.2 Å². The van der Waals surface area contributed by atoms with Crippen LogP contribution < -0.4 is 5.32 Å². The van der Waals surface area contributed by atoms with E-state index in [0.29, 0.717) is 12.0 Å². The standard InChI is InChI=1S/C26H33BrN2O5/c27-16-11-12-19(30)18(13-16)22-20-21(24(32)29(23(20)31)17-9-5-2-6-10-17)26(28-22,25(33)34)14-15-7-3-1-4-8-15/h11-13,15,17,20-22,28,30H,1-10,14H2,(H,33,34). The normalized spacial score (nSPS) is 32.9. The second-order valence-corrected chi connectivity index (χ2v) is 11.6. The van der Waals surface area contributed by atoms with Crippen LogP contribution in [0, 0.1) is 17.8 Å². The quantitative estimate of drug-likeness (QED) is 0.481. The van der Waals surface area contributed by atoms with Crippen molar-refractivity contribution in [2.24, 2.45) is 17.8 Å². The first-order valence-electron chi connectivity index (χ1n) is 12.7. The number of halogens is 1. The number of aliphatic carboxylic acids is 1. The summed E-state index contributed by atoms with van der Waals surface area (Å²) in [5, 5.41) is 24.6. The van der Waals surface area contributed by atoms with Crippen LogP contribution in [-0.2, 0) is 14.4 Å². The Morgan fingerprint density at radius 1 is 1.03 bits per heavy atom. The molecule has 1 aromatic rings. The van der Waals surface area contributed by atoms with E-state index in [1.54, 1.807) is 12.1 Å². The maximum Gasteiger partial charge on any atom is 0.324 e. The van der Waals surface area contributed by atoms with Gasteiger partial charge in [0.25, 0.3) is 0 Å². The molecule has 4 fully saturated rings. The number of benzene rings is 1. The third-order valence-electron chi connectivity index (χ3n) is 8.67. The molecule has 34 heavy (non-hydrogen) atoms. The maximum atomic E-state index is 13.9. The number of carboxylic acids is 1. The second kappa shape index (κ2) is 9.26. The number of hydrogen-bond donors (Lipinski definition) is 3. The maximum absolute atomic E-state index is 13.9. The Labute approximate surface area is 208 Å². The van der Waals surface area contributed by atoms with Crippen molar-refractivity contribution in [1.82, 2.24) is 10.2 Å². The Morgan fingerprint density at radius 3 is 2.32 bits per heavy atom. The topological polar surface area (TPSA) is 107 Å². The highest BCUT2D eigenvalue weighted by molar-refractivity contribution is 9.10. The predicted molar refractivity (Wildman–Crippen MR) is 129 cm³/mol. The number of hydrogen-bond acceptors (Lipinski definition) is 5. The van der Waals surface area contributed by atoms with Gasteiger partial charge in [0.2, 0.25) is 11.8 Å².